The van der Waals surface area contributed by atoms with Crippen molar-refractivity contribution in [2.75, 3.05) is 18.5 Å². The van der Waals surface area contributed by atoms with E-state index in [1.54, 1.807) is 12.1 Å². The zero-order chi connectivity index (χ0) is 16.9. The molecule has 1 aliphatic heterocycles. The first-order valence-corrected chi connectivity index (χ1v) is 7.62. The maximum atomic E-state index is 12.2. The van der Waals surface area contributed by atoms with E-state index in [9.17, 15) is 4.79 Å². The molecular formula is C19H16N2O3. The van der Waals surface area contributed by atoms with Crippen molar-refractivity contribution >= 4 is 23.2 Å². The summed E-state index contributed by atoms with van der Waals surface area (Å²) in [5.41, 5.74) is 3.13. The Morgan fingerprint density at radius 3 is 2.79 bits per heavy atom. The van der Waals surface area contributed by atoms with Gasteiger partial charge in [-0.05, 0) is 36.8 Å². The Morgan fingerprint density at radius 2 is 2.00 bits per heavy atom. The molecule has 0 fully saturated rings. The molecule has 0 saturated carbocycles. The summed E-state index contributed by atoms with van der Waals surface area (Å²) in [7, 11) is 0. The molecule has 0 aromatic heterocycles. The number of anilines is 1. The molecule has 120 valence electrons. The van der Waals surface area contributed by atoms with Crippen LogP contribution in [0.25, 0.3) is 11.6 Å². The first kappa shape index (κ1) is 15.6. The minimum absolute atomic E-state index is 0.0453. The number of carbonyl (C=O) groups excluding carboxylic acids is 1. The van der Waals surface area contributed by atoms with Gasteiger partial charge in [-0.2, -0.15) is 5.26 Å². The van der Waals surface area contributed by atoms with Gasteiger partial charge in [0.25, 0.3) is 5.91 Å². The first-order chi connectivity index (χ1) is 11.7. The number of fused-ring (bicyclic) bond motifs is 1. The third-order valence-corrected chi connectivity index (χ3v) is 3.58. The zero-order valence-corrected chi connectivity index (χ0v) is 13.2. The normalized spacial score (nSPS) is 14.0. The maximum absolute atomic E-state index is 12.2. The number of amides is 1. The van der Waals surface area contributed by atoms with Crippen molar-refractivity contribution in [2.24, 2.45) is 0 Å². The summed E-state index contributed by atoms with van der Waals surface area (Å²) in [4.78, 5) is 12.2. The molecule has 0 radical (unpaired) electrons. The lowest BCUT2D eigenvalue weighted by Crippen LogP contribution is -2.03. The highest BCUT2D eigenvalue weighted by Gasteiger charge is 2.23. The lowest BCUT2D eigenvalue weighted by atomic mass is 10.0. The molecule has 3 rings (SSSR count). The summed E-state index contributed by atoms with van der Waals surface area (Å²) < 4.78 is 10.9. The Kier molecular flexibility index (Phi) is 4.48. The third kappa shape index (κ3) is 3.08. The van der Waals surface area contributed by atoms with E-state index in [1.165, 1.54) is 0 Å². The van der Waals surface area contributed by atoms with Gasteiger partial charge < -0.3 is 14.8 Å². The summed E-state index contributed by atoms with van der Waals surface area (Å²) in [6, 6.07) is 14.9. The second-order valence-corrected chi connectivity index (χ2v) is 5.14. The Balaban J connectivity index is 1.97. The van der Waals surface area contributed by atoms with E-state index in [2.05, 4.69) is 5.32 Å². The van der Waals surface area contributed by atoms with Crippen LogP contribution in [0.1, 0.15) is 18.1 Å². The second kappa shape index (κ2) is 6.88. The van der Waals surface area contributed by atoms with Gasteiger partial charge in [-0.25, -0.2) is 0 Å². The van der Waals surface area contributed by atoms with Gasteiger partial charge in [-0.1, -0.05) is 24.3 Å². The molecule has 0 saturated heterocycles. The van der Waals surface area contributed by atoms with E-state index in [0.29, 0.717) is 23.7 Å². The third-order valence-electron chi connectivity index (χ3n) is 3.58. The van der Waals surface area contributed by atoms with Gasteiger partial charge in [0.05, 0.1) is 6.61 Å². The van der Waals surface area contributed by atoms with E-state index < -0.39 is 0 Å². The summed E-state index contributed by atoms with van der Waals surface area (Å²) in [5.74, 6) is 0.935. The van der Waals surface area contributed by atoms with Crippen LogP contribution in [0, 0.1) is 11.3 Å². The SMILES string of the molecule is CCOc1cc(/C=C2/C(=O)Nc3ccccc32)ccc1OCC#N. The smallest absolute Gasteiger partial charge is 0.256 e. The molecule has 0 unspecified atom stereocenters. The molecule has 2 aromatic rings. The van der Waals surface area contributed by atoms with E-state index in [0.717, 1.165) is 16.8 Å². The topological polar surface area (TPSA) is 71.3 Å². The summed E-state index contributed by atoms with van der Waals surface area (Å²) in [5, 5.41) is 11.5. The predicted molar refractivity (Wildman–Crippen MR) is 91.7 cm³/mol. The summed E-state index contributed by atoms with van der Waals surface area (Å²) in [6.07, 6.45) is 1.82. The average molecular weight is 320 g/mol. The molecule has 0 atom stereocenters. The van der Waals surface area contributed by atoms with Crippen molar-refractivity contribution in [2.45, 2.75) is 6.92 Å². The number of nitrogens with one attached hydrogen (secondary N) is 1. The molecule has 1 aliphatic rings. The number of hydrogen-bond acceptors (Lipinski definition) is 4. The molecule has 1 amide bonds. The van der Waals surface area contributed by atoms with Crippen LogP contribution in [0.2, 0.25) is 0 Å². The number of rotatable bonds is 5. The van der Waals surface area contributed by atoms with Crippen molar-refractivity contribution in [1.29, 1.82) is 5.26 Å². The van der Waals surface area contributed by atoms with Gasteiger partial charge in [0, 0.05) is 16.8 Å². The molecule has 24 heavy (non-hydrogen) atoms. The number of benzene rings is 2. The molecule has 1 N–H and O–H groups in total. The van der Waals surface area contributed by atoms with Gasteiger partial charge in [-0.3, -0.25) is 4.79 Å². The number of nitrogens with zero attached hydrogens (tertiary/aromatic N) is 1. The fourth-order valence-electron chi connectivity index (χ4n) is 2.56. The monoisotopic (exact) mass is 320 g/mol. The minimum atomic E-state index is -0.126. The van der Waals surface area contributed by atoms with E-state index in [4.69, 9.17) is 14.7 Å². The van der Waals surface area contributed by atoms with Crippen molar-refractivity contribution in [1.82, 2.24) is 0 Å². The highest BCUT2D eigenvalue weighted by Crippen LogP contribution is 2.34. The molecule has 1 heterocycles. The van der Waals surface area contributed by atoms with Gasteiger partial charge in [0.1, 0.15) is 6.07 Å². The quantitative estimate of drug-likeness (QED) is 0.856. The standard InChI is InChI=1S/C19H16N2O3/c1-2-23-18-12-13(7-8-17(18)24-10-9-20)11-15-14-5-3-4-6-16(14)21-19(15)22/h3-8,11-12H,2,10H2,1H3,(H,21,22)/b15-11+. The van der Waals surface area contributed by atoms with E-state index >= 15 is 0 Å². The Labute approximate surface area is 140 Å². The fraction of sp³-hybridized carbons (Fsp3) is 0.158. The lowest BCUT2D eigenvalue weighted by molar-refractivity contribution is -0.110. The van der Waals surface area contributed by atoms with Crippen LogP contribution < -0.4 is 14.8 Å². The van der Waals surface area contributed by atoms with Gasteiger partial charge in [-0.15, -0.1) is 0 Å². The van der Waals surface area contributed by atoms with Crippen LogP contribution in [-0.4, -0.2) is 19.1 Å². The second-order valence-electron chi connectivity index (χ2n) is 5.14. The van der Waals surface area contributed by atoms with Crippen LogP contribution >= 0.6 is 0 Å². The van der Waals surface area contributed by atoms with E-state index in [1.807, 2.05) is 49.4 Å². The number of hydrogen-bond donors (Lipinski definition) is 1. The fourth-order valence-corrected chi connectivity index (χ4v) is 2.56. The van der Waals surface area contributed by atoms with Crippen LogP contribution in [0.5, 0.6) is 11.5 Å². The Bertz CT molecular complexity index is 850. The highest BCUT2D eigenvalue weighted by atomic mass is 16.5. The summed E-state index contributed by atoms with van der Waals surface area (Å²) >= 11 is 0. The zero-order valence-electron chi connectivity index (χ0n) is 13.2. The molecule has 2 aromatic carbocycles. The van der Waals surface area contributed by atoms with Crippen molar-refractivity contribution in [3.63, 3.8) is 0 Å². The maximum Gasteiger partial charge on any atom is 0.256 e. The number of carbonyl (C=O) groups is 1. The lowest BCUT2D eigenvalue weighted by Gasteiger charge is -2.11. The van der Waals surface area contributed by atoms with Crippen molar-refractivity contribution in [3.05, 3.63) is 53.6 Å². The van der Waals surface area contributed by atoms with Crippen LogP contribution in [0.15, 0.2) is 42.5 Å². The molecule has 0 aliphatic carbocycles. The van der Waals surface area contributed by atoms with Crippen molar-refractivity contribution in [3.8, 4) is 17.6 Å². The van der Waals surface area contributed by atoms with Crippen LogP contribution in [0.3, 0.4) is 0 Å². The average Bonchev–Trinajstić information content (AvgIpc) is 2.90. The molecule has 0 spiro atoms. The van der Waals surface area contributed by atoms with Crippen molar-refractivity contribution < 1.29 is 14.3 Å². The Hall–Kier alpha value is -3.26. The molecular weight excluding hydrogens is 304 g/mol. The van der Waals surface area contributed by atoms with E-state index in [-0.39, 0.29) is 12.5 Å². The van der Waals surface area contributed by atoms with Gasteiger partial charge in [0.15, 0.2) is 18.1 Å². The highest BCUT2D eigenvalue weighted by molar-refractivity contribution is 6.34. The van der Waals surface area contributed by atoms with Gasteiger partial charge in [0.2, 0.25) is 0 Å². The Morgan fingerprint density at radius 1 is 1.17 bits per heavy atom. The number of para-hydroxylation sites is 1. The number of ether oxygens (including phenoxy) is 2. The van der Waals surface area contributed by atoms with Crippen LogP contribution in [-0.2, 0) is 4.79 Å². The molecule has 5 heteroatoms. The first-order valence-electron chi connectivity index (χ1n) is 7.62. The predicted octanol–water partition coefficient (Wildman–Crippen LogP) is 3.48. The minimum Gasteiger partial charge on any atom is -0.490 e. The largest absolute Gasteiger partial charge is 0.490 e. The molecule has 0 bridgehead atoms. The molecule has 5 nitrogen and oxygen atoms in total. The number of nitriles is 1. The van der Waals surface area contributed by atoms with Gasteiger partial charge >= 0.3 is 0 Å². The summed E-state index contributed by atoms with van der Waals surface area (Å²) in [6.45, 7) is 2.31. The van der Waals surface area contributed by atoms with Crippen LogP contribution in [0.4, 0.5) is 5.69 Å².